The van der Waals surface area contributed by atoms with E-state index in [-0.39, 0.29) is 5.54 Å². The molecule has 3 nitrogen and oxygen atoms in total. The molecule has 1 amide bonds. The summed E-state index contributed by atoms with van der Waals surface area (Å²) in [5.41, 5.74) is 2.14. The Morgan fingerprint density at radius 1 is 0.952 bits per heavy atom. The third-order valence-electron chi connectivity index (χ3n) is 2.86. The Bertz CT molecular complexity index is 583. The minimum absolute atomic E-state index is 0.301. The van der Waals surface area contributed by atoms with Crippen molar-refractivity contribution in [2.24, 2.45) is 0 Å². The number of ether oxygens (including phenoxy) is 1. The van der Waals surface area contributed by atoms with Crippen LogP contribution in [0.3, 0.4) is 0 Å². The lowest BCUT2D eigenvalue weighted by molar-refractivity contribution is 0.190. The molecule has 2 rings (SSSR count). The van der Waals surface area contributed by atoms with Crippen molar-refractivity contribution in [3.05, 3.63) is 65.7 Å². The molecule has 110 valence electrons. The molecule has 0 saturated heterocycles. The lowest BCUT2D eigenvalue weighted by atomic mass is 10.1. The number of rotatable bonds is 3. The molecule has 0 atom stereocenters. The molecule has 0 radical (unpaired) electrons. The van der Waals surface area contributed by atoms with Gasteiger partial charge in [-0.3, -0.25) is 0 Å². The summed E-state index contributed by atoms with van der Waals surface area (Å²) in [4.78, 5) is 11.7. The van der Waals surface area contributed by atoms with Crippen LogP contribution in [0.15, 0.2) is 54.6 Å². The molecule has 0 unspecified atom stereocenters. The third kappa shape index (κ3) is 5.30. The zero-order valence-electron chi connectivity index (χ0n) is 12.7. The second-order valence-corrected chi connectivity index (χ2v) is 6.07. The van der Waals surface area contributed by atoms with Gasteiger partial charge in [-0.05, 0) is 50.5 Å². The maximum absolute atomic E-state index is 11.7. The molecule has 2 aromatic carbocycles. The molecule has 0 bridgehead atoms. The minimum atomic E-state index is -0.432. The molecule has 0 fully saturated rings. The van der Waals surface area contributed by atoms with E-state index in [0.717, 1.165) is 6.42 Å². The van der Waals surface area contributed by atoms with Gasteiger partial charge in [0.15, 0.2) is 0 Å². The van der Waals surface area contributed by atoms with Crippen LogP contribution in [0.25, 0.3) is 0 Å². The highest BCUT2D eigenvalue weighted by Crippen LogP contribution is 2.15. The fourth-order valence-corrected chi connectivity index (χ4v) is 1.95. The van der Waals surface area contributed by atoms with Crippen LogP contribution in [0.2, 0.25) is 0 Å². The van der Waals surface area contributed by atoms with Crippen molar-refractivity contribution in [1.29, 1.82) is 0 Å². The molecule has 21 heavy (non-hydrogen) atoms. The molecule has 0 aliphatic rings. The van der Waals surface area contributed by atoms with Gasteiger partial charge in [-0.2, -0.15) is 0 Å². The first-order valence-electron chi connectivity index (χ1n) is 7.05. The van der Waals surface area contributed by atoms with E-state index in [0.29, 0.717) is 5.75 Å². The van der Waals surface area contributed by atoms with Crippen LogP contribution in [0.4, 0.5) is 4.79 Å². The Morgan fingerprint density at radius 2 is 1.52 bits per heavy atom. The first kappa shape index (κ1) is 15.1. The van der Waals surface area contributed by atoms with Gasteiger partial charge >= 0.3 is 6.09 Å². The molecule has 0 aliphatic carbocycles. The van der Waals surface area contributed by atoms with Crippen molar-refractivity contribution in [3.8, 4) is 5.75 Å². The molecule has 1 N–H and O–H groups in total. The summed E-state index contributed by atoms with van der Waals surface area (Å²) in [5.74, 6) is 0.550. The number of hydrogen-bond donors (Lipinski definition) is 1. The van der Waals surface area contributed by atoms with E-state index >= 15 is 0 Å². The first-order chi connectivity index (χ1) is 9.92. The van der Waals surface area contributed by atoms with E-state index in [4.69, 9.17) is 4.74 Å². The van der Waals surface area contributed by atoms with Gasteiger partial charge in [0.2, 0.25) is 0 Å². The van der Waals surface area contributed by atoms with Crippen molar-refractivity contribution >= 4 is 6.09 Å². The number of hydrogen-bond acceptors (Lipinski definition) is 2. The van der Waals surface area contributed by atoms with Crippen LogP contribution in [0.5, 0.6) is 5.75 Å². The second-order valence-electron chi connectivity index (χ2n) is 6.07. The minimum Gasteiger partial charge on any atom is -0.410 e. The summed E-state index contributed by atoms with van der Waals surface area (Å²) in [6, 6.07) is 17.9. The summed E-state index contributed by atoms with van der Waals surface area (Å²) in [6.07, 6.45) is 0.438. The SMILES string of the molecule is CC(C)(C)NC(=O)Oc1ccc(Cc2ccccc2)cc1. The van der Waals surface area contributed by atoms with E-state index in [1.54, 1.807) is 0 Å². The third-order valence-corrected chi connectivity index (χ3v) is 2.86. The monoisotopic (exact) mass is 283 g/mol. The van der Waals surface area contributed by atoms with E-state index < -0.39 is 6.09 Å². The molecular formula is C18H21NO2. The van der Waals surface area contributed by atoms with Crippen LogP contribution in [-0.4, -0.2) is 11.6 Å². The molecular weight excluding hydrogens is 262 g/mol. The molecule has 0 aliphatic heterocycles. The van der Waals surface area contributed by atoms with Gasteiger partial charge in [-0.25, -0.2) is 4.79 Å². The first-order valence-corrected chi connectivity index (χ1v) is 7.05. The summed E-state index contributed by atoms with van der Waals surface area (Å²) in [6.45, 7) is 5.74. The zero-order valence-corrected chi connectivity index (χ0v) is 12.7. The van der Waals surface area contributed by atoms with Gasteiger partial charge in [0.25, 0.3) is 0 Å². The summed E-state index contributed by atoms with van der Waals surface area (Å²) >= 11 is 0. The zero-order chi connectivity index (χ0) is 15.3. The molecule has 0 aromatic heterocycles. The number of nitrogens with one attached hydrogen (secondary N) is 1. The second kappa shape index (κ2) is 6.44. The number of amides is 1. The topological polar surface area (TPSA) is 38.3 Å². The molecule has 0 saturated carbocycles. The smallest absolute Gasteiger partial charge is 0.410 e. The van der Waals surface area contributed by atoms with Gasteiger partial charge in [0.1, 0.15) is 5.75 Å². The molecule has 2 aromatic rings. The highest BCUT2D eigenvalue weighted by molar-refractivity contribution is 5.71. The lowest BCUT2D eigenvalue weighted by Crippen LogP contribution is -2.42. The summed E-state index contributed by atoms with van der Waals surface area (Å²) in [7, 11) is 0. The van der Waals surface area contributed by atoms with E-state index in [2.05, 4.69) is 17.4 Å². The largest absolute Gasteiger partial charge is 0.413 e. The maximum Gasteiger partial charge on any atom is 0.413 e. The van der Waals surface area contributed by atoms with E-state index in [9.17, 15) is 4.79 Å². The van der Waals surface area contributed by atoms with E-state index in [1.807, 2.05) is 63.2 Å². The molecule has 0 spiro atoms. The summed E-state index contributed by atoms with van der Waals surface area (Å²) < 4.78 is 5.25. The fraction of sp³-hybridized carbons (Fsp3) is 0.278. The molecule has 3 heteroatoms. The average Bonchev–Trinajstić information content (AvgIpc) is 2.40. The van der Waals surface area contributed by atoms with Crippen LogP contribution < -0.4 is 10.1 Å². The van der Waals surface area contributed by atoms with Gasteiger partial charge in [-0.1, -0.05) is 42.5 Å². The predicted octanol–water partition coefficient (Wildman–Crippen LogP) is 4.16. The Hall–Kier alpha value is -2.29. The maximum atomic E-state index is 11.7. The van der Waals surface area contributed by atoms with Crippen LogP contribution >= 0.6 is 0 Å². The number of benzene rings is 2. The van der Waals surface area contributed by atoms with Crippen molar-refractivity contribution in [1.82, 2.24) is 5.32 Å². The van der Waals surface area contributed by atoms with Crippen LogP contribution in [0, 0.1) is 0 Å². The predicted molar refractivity (Wildman–Crippen MR) is 84.6 cm³/mol. The van der Waals surface area contributed by atoms with Crippen LogP contribution in [0.1, 0.15) is 31.9 Å². The normalized spacial score (nSPS) is 11.0. The van der Waals surface area contributed by atoms with E-state index in [1.165, 1.54) is 11.1 Å². The molecule has 0 heterocycles. The van der Waals surface area contributed by atoms with Gasteiger partial charge in [0.05, 0.1) is 0 Å². The fourth-order valence-electron chi connectivity index (χ4n) is 1.95. The van der Waals surface area contributed by atoms with Gasteiger partial charge < -0.3 is 10.1 Å². The number of carbonyl (C=O) groups excluding carboxylic acids is 1. The van der Waals surface area contributed by atoms with Crippen molar-refractivity contribution in [2.45, 2.75) is 32.7 Å². The van der Waals surface area contributed by atoms with Crippen molar-refractivity contribution in [3.63, 3.8) is 0 Å². The van der Waals surface area contributed by atoms with Gasteiger partial charge in [-0.15, -0.1) is 0 Å². The Kier molecular flexibility index (Phi) is 4.63. The lowest BCUT2D eigenvalue weighted by Gasteiger charge is -2.19. The Balaban J connectivity index is 1.95. The highest BCUT2D eigenvalue weighted by Gasteiger charge is 2.15. The van der Waals surface area contributed by atoms with Crippen molar-refractivity contribution < 1.29 is 9.53 Å². The Labute approximate surface area is 126 Å². The quantitative estimate of drug-likeness (QED) is 0.918. The van der Waals surface area contributed by atoms with Gasteiger partial charge in [0, 0.05) is 5.54 Å². The highest BCUT2D eigenvalue weighted by atomic mass is 16.6. The van der Waals surface area contributed by atoms with Crippen LogP contribution in [-0.2, 0) is 6.42 Å². The summed E-state index contributed by atoms with van der Waals surface area (Å²) in [5, 5.41) is 2.76. The number of carbonyl (C=O) groups is 1. The van der Waals surface area contributed by atoms with Crippen molar-refractivity contribution in [2.75, 3.05) is 0 Å². The average molecular weight is 283 g/mol. The Morgan fingerprint density at radius 3 is 2.10 bits per heavy atom. The standard InChI is InChI=1S/C18H21NO2/c1-18(2,3)19-17(20)21-16-11-9-15(10-12-16)13-14-7-5-4-6-8-14/h4-12H,13H2,1-3H3,(H,19,20).